The molecule has 2 aliphatic heterocycles. The Kier molecular flexibility index (Phi) is 9.54. The quantitative estimate of drug-likeness (QED) is 0.415. The highest BCUT2D eigenvalue weighted by molar-refractivity contribution is 5.90. The lowest BCUT2D eigenvalue weighted by molar-refractivity contribution is -0.154. The van der Waals surface area contributed by atoms with E-state index in [2.05, 4.69) is 6.92 Å². The largest absolute Gasteiger partial charge is 0.464 e. The van der Waals surface area contributed by atoms with Crippen molar-refractivity contribution in [1.82, 2.24) is 9.80 Å². The van der Waals surface area contributed by atoms with Crippen molar-refractivity contribution < 1.29 is 28.6 Å². The third-order valence-electron chi connectivity index (χ3n) is 5.34. The first-order valence-corrected chi connectivity index (χ1v) is 10.5. The Morgan fingerprint density at radius 3 is 2.29 bits per heavy atom. The second kappa shape index (κ2) is 11.9. The van der Waals surface area contributed by atoms with Gasteiger partial charge in [-0.25, -0.2) is 9.59 Å². The summed E-state index contributed by atoms with van der Waals surface area (Å²) in [6.45, 7) is 4.02. The molecule has 2 unspecified atom stereocenters. The molecular weight excluding hydrogens is 364 g/mol. The maximum absolute atomic E-state index is 13.1. The van der Waals surface area contributed by atoms with Gasteiger partial charge in [-0.2, -0.15) is 0 Å². The molecule has 0 radical (unpaired) electrons. The number of ether oxygens (including phenoxy) is 3. The van der Waals surface area contributed by atoms with Crippen LogP contribution in [0.2, 0.25) is 0 Å². The highest BCUT2D eigenvalue weighted by Gasteiger charge is 2.43. The third kappa shape index (κ3) is 6.09. The number of carbonyl (C=O) groups is 3. The maximum Gasteiger partial charge on any atom is 0.410 e. The van der Waals surface area contributed by atoms with Crippen LogP contribution in [0.4, 0.5) is 4.79 Å². The monoisotopic (exact) mass is 398 g/mol. The Hall–Kier alpha value is -1.83. The molecule has 2 saturated heterocycles. The molecular formula is C20H34N2O6. The van der Waals surface area contributed by atoms with Gasteiger partial charge in [-0.15, -0.1) is 0 Å². The van der Waals surface area contributed by atoms with Gasteiger partial charge in [-0.1, -0.05) is 26.2 Å². The predicted molar refractivity (Wildman–Crippen MR) is 103 cm³/mol. The fourth-order valence-electron chi connectivity index (χ4n) is 3.80. The molecule has 2 heterocycles. The van der Waals surface area contributed by atoms with Crippen molar-refractivity contribution in [2.45, 2.75) is 70.4 Å². The van der Waals surface area contributed by atoms with Gasteiger partial charge in [0.2, 0.25) is 5.91 Å². The lowest BCUT2D eigenvalue weighted by atomic mass is 10.1. The van der Waals surface area contributed by atoms with Crippen molar-refractivity contribution in [2.24, 2.45) is 0 Å². The van der Waals surface area contributed by atoms with Crippen LogP contribution in [0.3, 0.4) is 0 Å². The van der Waals surface area contributed by atoms with Crippen molar-refractivity contribution in [3.05, 3.63) is 0 Å². The minimum atomic E-state index is -0.562. The van der Waals surface area contributed by atoms with Crippen LogP contribution >= 0.6 is 0 Å². The molecule has 0 bridgehead atoms. The Labute approximate surface area is 167 Å². The fourth-order valence-corrected chi connectivity index (χ4v) is 3.80. The van der Waals surface area contributed by atoms with E-state index < -0.39 is 18.2 Å². The average molecular weight is 399 g/mol. The zero-order valence-corrected chi connectivity index (χ0v) is 17.2. The maximum atomic E-state index is 13.1. The molecule has 2 aliphatic rings. The second-order valence-electron chi connectivity index (χ2n) is 7.38. The Morgan fingerprint density at radius 1 is 0.857 bits per heavy atom. The van der Waals surface area contributed by atoms with Crippen molar-refractivity contribution in [1.29, 1.82) is 0 Å². The molecule has 2 rings (SSSR count). The highest BCUT2D eigenvalue weighted by Crippen LogP contribution is 2.26. The standard InChI is InChI=1S/C20H34N2O6/c1-3-4-5-6-13-27-19(24)17-10-8-11-21(17)18(23)16-9-7-12-22(16)20(25)28-15-14-26-2/h16-17H,3-15H2,1-2H3. The van der Waals surface area contributed by atoms with Gasteiger partial charge in [0.05, 0.1) is 13.2 Å². The Bertz CT molecular complexity index is 527. The molecule has 2 amide bonds. The Morgan fingerprint density at radius 2 is 1.57 bits per heavy atom. The van der Waals surface area contributed by atoms with E-state index in [0.717, 1.165) is 38.5 Å². The van der Waals surface area contributed by atoms with Crippen molar-refractivity contribution in [3.8, 4) is 0 Å². The average Bonchev–Trinajstić information content (AvgIpc) is 3.37. The van der Waals surface area contributed by atoms with E-state index >= 15 is 0 Å². The summed E-state index contributed by atoms with van der Waals surface area (Å²) >= 11 is 0. The number of hydrogen-bond donors (Lipinski definition) is 0. The zero-order valence-electron chi connectivity index (χ0n) is 17.2. The zero-order chi connectivity index (χ0) is 20.4. The summed E-state index contributed by atoms with van der Waals surface area (Å²) in [5.74, 6) is -0.499. The number of amides is 2. The summed E-state index contributed by atoms with van der Waals surface area (Å²) in [6, 6.07) is -1.10. The van der Waals surface area contributed by atoms with E-state index in [1.165, 1.54) is 12.0 Å². The normalized spacial score (nSPS) is 21.8. The van der Waals surface area contributed by atoms with E-state index in [1.807, 2.05) is 0 Å². The van der Waals surface area contributed by atoms with Crippen LogP contribution in [0, 0.1) is 0 Å². The highest BCUT2D eigenvalue weighted by atomic mass is 16.6. The SMILES string of the molecule is CCCCCCOC(=O)C1CCCN1C(=O)C1CCCN1C(=O)OCCOC. The van der Waals surface area contributed by atoms with E-state index in [-0.39, 0.29) is 18.5 Å². The number of hydrogen-bond acceptors (Lipinski definition) is 6. The fraction of sp³-hybridized carbons (Fsp3) is 0.850. The number of carbonyl (C=O) groups excluding carboxylic acids is 3. The molecule has 0 aromatic heterocycles. The van der Waals surface area contributed by atoms with Gasteiger partial charge in [0.25, 0.3) is 0 Å². The molecule has 0 saturated carbocycles. The number of likely N-dealkylation sites (tertiary alicyclic amines) is 2. The van der Waals surface area contributed by atoms with Gasteiger partial charge >= 0.3 is 12.1 Å². The van der Waals surface area contributed by atoms with Crippen molar-refractivity contribution in [3.63, 3.8) is 0 Å². The second-order valence-corrected chi connectivity index (χ2v) is 7.38. The number of methoxy groups -OCH3 is 1. The van der Waals surface area contributed by atoms with Crippen LogP contribution in [0.15, 0.2) is 0 Å². The molecule has 28 heavy (non-hydrogen) atoms. The third-order valence-corrected chi connectivity index (χ3v) is 5.34. The number of esters is 1. The summed E-state index contributed by atoms with van der Waals surface area (Å²) in [5, 5.41) is 0. The summed E-state index contributed by atoms with van der Waals surface area (Å²) in [5.41, 5.74) is 0. The van der Waals surface area contributed by atoms with Crippen molar-refractivity contribution in [2.75, 3.05) is 40.0 Å². The number of nitrogens with zero attached hydrogens (tertiary/aromatic N) is 2. The van der Waals surface area contributed by atoms with Gasteiger partial charge in [-0.3, -0.25) is 9.69 Å². The summed E-state index contributed by atoms with van der Waals surface area (Å²) < 4.78 is 15.5. The van der Waals surface area contributed by atoms with Gasteiger partial charge < -0.3 is 19.1 Å². The van der Waals surface area contributed by atoms with E-state index in [0.29, 0.717) is 39.1 Å². The predicted octanol–water partition coefficient (Wildman–Crippen LogP) is 2.35. The first kappa shape index (κ1) is 22.5. The van der Waals surface area contributed by atoms with Crippen LogP contribution in [0.25, 0.3) is 0 Å². The van der Waals surface area contributed by atoms with Gasteiger partial charge in [0.15, 0.2) is 0 Å². The van der Waals surface area contributed by atoms with E-state index in [4.69, 9.17) is 14.2 Å². The minimum absolute atomic E-state index is 0.156. The van der Waals surface area contributed by atoms with Gasteiger partial charge in [0.1, 0.15) is 18.7 Å². The lowest BCUT2D eigenvalue weighted by Gasteiger charge is -2.30. The van der Waals surface area contributed by atoms with Crippen LogP contribution < -0.4 is 0 Å². The first-order chi connectivity index (χ1) is 13.6. The molecule has 0 aromatic rings. The molecule has 0 spiro atoms. The molecule has 0 aromatic carbocycles. The van der Waals surface area contributed by atoms with E-state index in [9.17, 15) is 14.4 Å². The summed E-state index contributed by atoms with van der Waals surface area (Å²) in [4.78, 5) is 40.9. The topological polar surface area (TPSA) is 85.4 Å². The van der Waals surface area contributed by atoms with Crippen LogP contribution in [-0.4, -0.2) is 79.9 Å². The molecule has 2 atom stereocenters. The Balaban J connectivity index is 1.88. The molecule has 2 fully saturated rings. The number of unbranched alkanes of at least 4 members (excludes halogenated alkanes) is 3. The smallest absolute Gasteiger partial charge is 0.410 e. The molecule has 0 aliphatic carbocycles. The lowest BCUT2D eigenvalue weighted by Crippen LogP contribution is -2.51. The minimum Gasteiger partial charge on any atom is -0.464 e. The molecule has 8 heteroatoms. The van der Waals surface area contributed by atoms with Crippen LogP contribution in [0.5, 0.6) is 0 Å². The molecule has 0 N–H and O–H groups in total. The van der Waals surface area contributed by atoms with Crippen LogP contribution in [-0.2, 0) is 23.8 Å². The summed E-state index contributed by atoms with van der Waals surface area (Å²) in [6.07, 6.45) is 6.38. The van der Waals surface area contributed by atoms with E-state index in [1.54, 1.807) is 4.90 Å². The molecule has 8 nitrogen and oxygen atoms in total. The first-order valence-electron chi connectivity index (χ1n) is 10.5. The number of rotatable bonds is 10. The molecule has 160 valence electrons. The summed E-state index contributed by atoms with van der Waals surface area (Å²) in [7, 11) is 1.53. The van der Waals surface area contributed by atoms with Gasteiger partial charge in [0, 0.05) is 20.2 Å². The van der Waals surface area contributed by atoms with Crippen molar-refractivity contribution >= 4 is 18.0 Å². The van der Waals surface area contributed by atoms with Gasteiger partial charge in [-0.05, 0) is 32.1 Å². The van der Waals surface area contributed by atoms with Crippen LogP contribution in [0.1, 0.15) is 58.3 Å².